The number of rotatable bonds is 9. The van der Waals surface area contributed by atoms with E-state index in [0.717, 1.165) is 12.8 Å². The maximum Gasteiger partial charge on any atom is 0.253 e. The van der Waals surface area contributed by atoms with Crippen molar-refractivity contribution in [1.29, 1.82) is 0 Å². The molecule has 0 unspecified atom stereocenters. The summed E-state index contributed by atoms with van der Waals surface area (Å²) >= 11 is 0. The van der Waals surface area contributed by atoms with Crippen LogP contribution < -0.4 is 16.0 Å². The van der Waals surface area contributed by atoms with Gasteiger partial charge in [-0.05, 0) is 72.9 Å². The molecule has 1 rings (SSSR count). The van der Waals surface area contributed by atoms with Crippen molar-refractivity contribution in [3.05, 3.63) is 34.9 Å². The van der Waals surface area contributed by atoms with Gasteiger partial charge in [-0.25, -0.2) is 0 Å². The first-order chi connectivity index (χ1) is 13.7. The Balaban J connectivity index is 3.53. The number of hydrogen-bond acceptors (Lipinski definition) is 3. The lowest BCUT2D eigenvalue weighted by atomic mass is 9.94. The highest BCUT2D eigenvalue weighted by Crippen LogP contribution is 2.21. The Hall–Kier alpha value is -2.37. The van der Waals surface area contributed by atoms with E-state index in [9.17, 15) is 14.4 Å². The number of nitrogens with one attached hydrogen (secondary N) is 3. The molecule has 1 aromatic carbocycles. The molecule has 0 aliphatic rings. The molecule has 6 heteroatoms. The van der Waals surface area contributed by atoms with Gasteiger partial charge in [0.1, 0.15) is 0 Å². The predicted octanol–water partition coefficient (Wildman–Crippen LogP) is 4.44. The molecule has 0 aliphatic carbocycles. The van der Waals surface area contributed by atoms with Crippen molar-refractivity contribution in [2.45, 2.75) is 98.2 Å². The topological polar surface area (TPSA) is 87.3 Å². The van der Waals surface area contributed by atoms with Gasteiger partial charge in [0.15, 0.2) is 0 Å². The molecule has 0 aromatic heterocycles. The SMILES string of the molecule is CCC(C)(C)NC(=O)c1cccc(C(=O)NC(C)(C)CC)c1C(=O)NC(C)(C)CC. The molecule has 0 bridgehead atoms. The summed E-state index contributed by atoms with van der Waals surface area (Å²) in [6.07, 6.45) is 2.17. The molecule has 0 heterocycles. The Labute approximate surface area is 181 Å². The lowest BCUT2D eigenvalue weighted by Gasteiger charge is -2.28. The maximum atomic E-state index is 13.3. The summed E-state index contributed by atoms with van der Waals surface area (Å²) in [4.78, 5) is 39.4. The lowest BCUT2D eigenvalue weighted by molar-refractivity contribution is 0.0860. The zero-order chi connectivity index (χ0) is 23.3. The zero-order valence-corrected chi connectivity index (χ0v) is 20.1. The Morgan fingerprint density at radius 1 is 0.633 bits per heavy atom. The molecule has 3 N–H and O–H groups in total. The summed E-state index contributed by atoms with van der Waals surface area (Å²) in [5.41, 5.74) is -0.843. The molecular formula is C24H39N3O3. The lowest BCUT2D eigenvalue weighted by Crippen LogP contribution is -2.47. The van der Waals surface area contributed by atoms with Gasteiger partial charge >= 0.3 is 0 Å². The number of benzene rings is 1. The number of hydrogen-bond donors (Lipinski definition) is 3. The van der Waals surface area contributed by atoms with Crippen LogP contribution in [-0.4, -0.2) is 34.3 Å². The van der Waals surface area contributed by atoms with Gasteiger partial charge < -0.3 is 16.0 Å². The molecule has 0 spiro atoms. The second-order valence-electron chi connectivity index (χ2n) is 9.80. The van der Waals surface area contributed by atoms with Gasteiger partial charge in [0.2, 0.25) is 0 Å². The van der Waals surface area contributed by atoms with Crippen LogP contribution in [-0.2, 0) is 0 Å². The number of carbonyl (C=O) groups is 3. The highest BCUT2D eigenvalue weighted by atomic mass is 16.2. The minimum Gasteiger partial charge on any atom is -0.347 e. The van der Waals surface area contributed by atoms with E-state index in [1.165, 1.54) is 0 Å². The van der Waals surface area contributed by atoms with Crippen molar-refractivity contribution >= 4 is 17.7 Å². The van der Waals surface area contributed by atoms with Crippen molar-refractivity contribution in [1.82, 2.24) is 16.0 Å². The Kier molecular flexibility index (Phi) is 8.24. The summed E-state index contributed by atoms with van der Waals surface area (Å²) in [7, 11) is 0. The van der Waals surface area contributed by atoms with Crippen LogP contribution in [0.1, 0.15) is 113 Å². The van der Waals surface area contributed by atoms with Gasteiger partial charge in [-0.3, -0.25) is 14.4 Å². The van der Waals surface area contributed by atoms with Gasteiger partial charge in [0.25, 0.3) is 17.7 Å². The molecule has 3 amide bonds. The monoisotopic (exact) mass is 417 g/mol. The van der Waals surface area contributed by atoms with Crippen molar-refractivity contribution in [3.63, 3.8) is 0 Å². The first-order valence-corrected chi connectivity index (χ1v) is 10.8. The van der Waals surface area contributed by atoms with Crippen molar-refractivity contribution in [2.24, 2.45) is 0 Å². The summed E-state index contributed by atoms with van der Waals surface area (Å²) in [5.74, 6) is -1.17. The standard InChI is InChI=1S/C24H39N3O3/c1-10-22(4,5)25-19(28)16-14-13-15-17(20(29)26-23(6,7)11-2)18(16)21(30)27-24(8,9)12-3/h13-15H,10-12H2,1-9H3,(H,25,28)(H,26,29)(H,27,30). The molecule has 0 fully saturated rings. The molecule has 0 aliphatic heterocycles. The first kappa shape index (κ1) is 25.7. The average Bonchev–Trinajstić information content (AvgIpc) is 2.66. The van der Waals surface area contributed by atoms with Crippen LogP contribution in [0.2, 0.25) is 0 Å². The number of carbonyl (C=O) groups excluding carboxylic acids is 3. The largest absolute Gasteiger partial charge is 0.347 e. The van der Waals surface area contributed by atoms with E-state index >= 15 is 0 Å². The van der Waals surface area contributed by atoms with Crippen LogP contribution in [0.5, 0.6) is 0 Å². The van der Waals surface area contributed by atoms with Crippen molar-refractivity contribution in [2.75, 3.05) is 0 Å². The van der Waals surface area contributed by atoms with E-state index in [2.05, 4.69) is 16.0 Å². The highest BCUT2D eigenvalue weighted by Gasteiger charge is 2.30. The van der Waals surface area contributed by atoms with Crippen LogP contribution in [0.15, 0.2) is 18.2 Å². The summed E-state index contributed by atoms with van der Waals surface area (Å²) in [6, 6.07) is 4.83. The Bertz CT molecular complexity index is 747. The first-order valence-electron chi connectivity index (χ1n) is 10.8. The van der Waals surface area contributed by atoms with Crippen LogP contribution >= 0.6 is 0 Å². The molecule has 0 saturated carbocycles. The smallest absolute Gasteiger partial charge is 0.253 e. The quantitative estimate of drug-likeness (QED) is 0.555. The van der Waals surface area contributed by atoms with E-state index in [4.69, 9.17) is 0 Å². The fraction of sp³-hybridized carbons (Fsp3) is 0.625. The zero-order valence-electron chi connectivity index (χ0n) is 20.1. The van der Waals surface area contributed by atoms with Gasteiger partial charge in [0.05, 0.1) is 16.7 Å². The average molecular weight is 418 g/mol. The summed E-state index contributed by atoms with van der Waals surface area (Å²) in [6.45, 7) is 17.4. The van der Waals surface area contributed by atoms with Crippen LogP contribution in [0.3, 0.4) is 0 Å². The summed E-state index contributed by atoms with van der Waals surface area (Å²) < 4.78 is 0. The molecular weight excluding hydrogens is 378 g/mol. The van der Waals surface area contributed by atoms with E-state index in [-0.39, 0.29) is 28.5 Å². The molecule has 0 saturated heterocycles. The fourth-order valence-electron chi connectivity index (χ4n) is 2.56. The van der Waals surface area contributed by atoms with E-state index in [1.807, 2.05) is 62.3 Å². The Morgan fingerprint density at radius 2 is 0.933 bits per heavy atom. The van der Waals surface area contributed by atoms with Crippen molar-refractivity contribution < 1.29 is 14.4 Å². The molecule has 0 radical (unpaired) electrons. The molecule has 6 nitrogen and oxygen atoms in total. The van der Waals surface area contributed by atoms with Crippen LogP contribution in [0.4, 0.5) is 0 Å². The van der Waals surface area contributed by atoms with E-state index in [0.29, 0.717) is 6.42 Å². The van der Waals surface area contributed by atoms with E-state index < -0.39 is 22.5 Å². The summed E-state index contributed by atoms with van der Waals surface area (Å²) in [5, 5.41) is 8.91. The van der Waals surface area contributed by atoms with Gasteiger partial charge in [-0.2, -0.15) is 0 Å². The maximum absolute atomic E-state index is 13.3. The Morgan fingerprint density at radius 3 is 1.23 bits per heavy atom. The fourth-order valence-corrected chi connectivity index (χ4v) is 2.56. The third-order valence-electron chi connectivity index (χ3n) is 5.79. The second-order valence-corrected chi connectivity index (χ2v) is 9.80. The van der Waals surface area contributed by atoms with Gasteiger partial charge in [-0.1, -0.05) is 26.8 Å². The van der Waals surface area contributed by atoms with Crippen LogP contribution in [0, 0.1) is 0 Å². The highest BCUT2D eigenvalue weighted by molar-refractivity contribution is 6.14. The molecule has 168 valence electrons. The molecule has 1 aromatic rings. The van der Waals surface area contributed by atoms with Crippen molar-refractivity contribution in [3.8, 4) is 0 Å². The normalized spacial score (nSPS) is 12.3. The van der Waals surface area contributed by atoms with Crippen LogP contribution in [0.25, 0.3) is 0 Å². The van der Waals surface area contributed by atoms with Gasteiger partial charge in [0, 0.05) is 16.6 Å². The minimum absolute atomic E-state index is 0.104. The second kappa shape index (κ2) is 9.63. The third kappa shape index (κ3) is 6.85. The predicted molar refractivity (Wildman–Crippen MR) is 122 cm³/mol. The minimum atomic E-state index is -0.472. The van der Waals surface area contributed by atoms with Gasteiger partial charge in [-0.15, -0.1) is 0 Å². The van der Waals surface area contributed by atoms with E-state index in [1.54, 1.807) is 18.2 Å². The third-order valence-corrected chi connectivity index (χ3v) is 5.79. The molecule has 0 atom stereocenters. The molecule has 30 heavy (non-hydrogen) atoms. The number of amides is 3.